The lowest BCUT2D eigenvalue weighted by Crippen LogP contribution is -2.30. The van der Waals surface area contributed by atoms with Gasteiger partial charge in [-0.1, -0.05) is 0 Å². The summed E-state index contributed by atoms with van der Waals surface area (Å²) < 4.78 is 0. The van der Waals surface area contributed by atoms with Crippen LogP contribution in [0.4, 0.5) is 9.59 Å². The Hall–Kier alpha value is -1.49. The van der Waals surface area contributed by atoms with Crippen molar-refractivity contribution in [2.24, 2.45) is 11.5 Å². The van der Waals surface area contributed by atoms with Crippen LogP contribution >= 0.6 is 46.4 Å². The molecule has 0 atom stereocenters. The number of hydrogen-bond donors (Lipinski definition) is 5. The van der Waals surface area contributed by atoms with Crippen molar-refractivity contribution in [3.8, 4) is 0 Å². The highest BCUT2D eigenvalue weighted by molar-refractivity contribution is 6.30. The average molecular weight is 411 g/mol. The molecule has 0 spiro atoms. The lowest BCUT2D eigenvalue weighted by atomic mass is 10.7. The fourth-order valence-corrected chi connectivity index (χ4v) is 1.23. The van der Waals surface area contributed by atoms with Crippen LogP contribution in [0.5, 0.6) is 0 Å². The number of nitrogens with one attached hydrogen (secondary N) is 3. The number of halogens is 4. The van der Waals surface area contributed by atoms with Crippen LogP contribution in [0.2, 0.25) is 10.6 Å². The van der Waals surface area contributed by atoms with Gasteiger partial charge in [0.15, 0.2) is 0 Å². The van der Waals surface area contributed by atoms with E-state index in [4.69, 9.17) is 46.4 Å². The molecule has 1 aromatic heterocycles. The molecular formula is C9H15Cl4N7O3. The van der Waals surface area contributed by atoms with E-state index in [1.54, 1.807) is 0 Å². The highest BCUT2D eigenvalue weighted by Crippen LogP contribution is 1.98. The van der Waals surface area contributed by atoms with E-state index in [9.17, 15) is 14.4 Å². The van der Waals surface area contributed by atoms with E-state index in [1.807, 2.05) is 0 Å². The first-order valence-corrected chi connectivity index (χ1v) is 7.53. The molecule has 10 nitrogen and oxygen atoms in total. The predicted octanol–water partition coefficient (Wildman–Crippen LogP) is 0.259. The van der Waals surface area contributed by atoms with Crippen molar-refractivity contribution in [3.05, 3.63) is 21.1 Å². The number of nitrogens with zero attached hydrogens (tertiary/aromatic N) is 2. The molecule has 1 aromatic rings. The molecule has 0 aliphatic heterocycles. The van der Waals surface area contributed by atoms with Crippen LogP contribution in [-0.4, -0.2) is 51.9 Å². The van der Waals surface area contributed by atoms with E-state index >= 15 is 0 Å². The number of alkyl halides is 2. The minimum Gasteiger partial charge on any atom is -0.352 e. The SMILES string of the molecule is NC(=O)NCCCl.NC(=O)NCCCl.O=c1nc(Cl)nc(Cl)[nH]1. The molecule has 0 radical (unpaired) electrons. The summed E-state index contributed by atoms with van der Waals surface area (Å²) in [6.07, 6.45) is 0. The highest BCUT2D eigenvalue weighted by atomic mass is 35.5. The van der Waals surface area contributed by atoms with Crippen LogP contribution in [-0.2, 0) is 0 Å². The van der Waals surface area contributed by atoms with Crippen molar-refractivity contribution in [2.45, 2.75) is 0 Å². The zero-order valence-corrected chi connectivity index (χ0v) is 14.6. The molecule has 0 aliphatic carbocycles. The normalized spacial score (nSPS) is 8.70. The van der Waals surface area contributed by atoms with Crippen LogP contribution in [0.3, 0.4) is 0 Å². The number of H-pyrrole nitrogens is 1. The Morgan fingerprint density at radius 1 is 1.00 bits per heavy atom. The van der Waals surface area contributed by atoms with Gasteiger partial charge in [-0.15, -0.1) is 23.2 Å². The Kier molecular flexibility index (Phi) is 15.9. The molecule has 0 fully saturated rings. The summed E-state index contributed by atoms with van der Waals surface area (Å²) in [6.45, 7) is 0.883. The summed E-state index contributed by atoms with van der Waals surface area (Å²) in [4.78, 5) is 38.7. The second-order valence-corrected chi connectivity index (χ2v) is 4.63. The summed E-state index contributed by atoms with van der Waals surface area (Å²) >= 11 is 20.8. The predicted molar refractivity (Wildman–Crippen MR) is 89.3 cm³/mol. The zero-order chi connectivity index (χ0) is 18.3. The molecule has 23 heavy (non-hydrogen) atoms. The van der Waals surface area contributed by atoms with E-state index in [-0.39, 0.29) is 10.6 Å². The number of aromatic amines is 1. The first kappa shape index (κ1) is 23.8. The molecule has 0 aromatic carbocycles. The van der Waals surface area contributed by atoms with Crippen molar-refractivity contribution in [1.29, 1.82) is 0 Å². The van der Waals surface area contributed by atoms with Gasteiger partial charge in [0, 0.05) is 24.8 Å². The van der Waals surface area contributed by atoms with Crippen LogP contribution in [0.15, 0.2) is 4.79 Å². The Labute approximate surface area is 151 Å². The number of hydrogen-bond acceptors (Lipinski definition) is 5. The molecular weight excluding hydrogens is 396 g/mol. The molecule has 7 N–H and O–H groups in total. The molecule has 1 rings (SSSR count). The van der Waals surface area contributed by atoms with E-state index < -0.39 is 17.8 Å². The van der Waals surface area contributed by atoms with Crippen molar-refractivity contribution in [1.82, 2.24) is 25.6 Å². The average Bonchev–Trinajstić information content (AvgIpc) is 2.42. The Morgan fingerprint density at radius 3 is 1.65 bits per heavy atom. The smallest absolute Gasteiger partial charge is 0.350 e. The Bertz CT molecular complexity index is 487. The molecule has 0 aliphatic rings. The van der Waals surface area contributed by atoms with Gasteiger partial charge in [0.05, 0.1) is 0 Å². The number of primary amides is 2. The minimum atomic E-state index is -0.597. The highest BCUT2D eigenvalue weighted by Gasteiger charge is 1.94. The molecule has 4 amide bonds. The number of carbonyl (C=O) groups is 2. The maximum absolute atomic E-state index is 10.3. The number of rotatable bonds is 4. The molecule has 132 valence electrons. The monoisotopic (exact) mass is 409 g/mol. The van der Waals surface area contributed by atoms with E-state index in [0.29, 0.717) is 24.8 Å². The summed E-state index contributed by atoms with van der Waals surface area (Å²) in [6, 6.07) is -1.05. The van der Waals surface area contributed by atoms with Crippen molar-refractivity contribution in [2.75, 3.05) is 24.8 Å². The number of carbonyl (C=O) groups excluding carboxylic acids is 2. The molecule has 0 saturated carbocycles. The van der Waals surface area contributed by atoms with Crippen LogP contribution < -0.4 is 27.8 Å². The summed E-state index contributed by atoms with van der Waals surface area (Å²) in [5, 5.41) is 4.40. The standard InChI is InChI=1S/C3HCl2N3O.2C3H7ClN2O/c4-1-6-2(5)8-3(9)7-1;2*4-1-2-6-3(5)7/h(H,6,7,8,9);2*1-2H2,(H3,5,6,7). The van der Waals surface area contributed by atoms with E-state index in [1.165, 1.54) is 0 Å². The van der Waals surface area contributed by atoms with Gasteiger partial charge in [0.25, 0.3) is 0 Å². The van der Waals surface area contributed by atoms with Gasteiger partial charge in [-0.05, 0) is 23.2 Å². The minimum absolute atomic E-state index is 0.0556. The van der Waals surface area contributed by atoms with Gasteiger partial charge in [-0.2, -0.15) is 9.97 Å². The van der Waals surface area contributed by atoms with Gasteiger partial charge >= 0.3 is 17.8 Å². The summed E-state index contributed by atoms with van der Waals surface area (Å²) in [7, 11) is 0. The first-order chi connectivity index (χ1) is 10.7. The van der Waals surface area contributed by atoms with Gasteiger partial charge in [-0.25, -0.2) is 14.4 Å². The molecule has 0 saturated heterocycles. The Balaban J connectivity index is 0. The van der Waals surface area contributed by atoms with Crippen LogP contribution in [0, 0.1) is 0 Å². The lowest BCUT2D eigenvalue weighted by molar-refractivity contribution is 0.248. The van der Waals surface area contributed by atoms with Crippen LogP contribution in [0.1, 0.15) is 0 Å². The fourth-order valence-electron chi connectivity index (χ4n) is 0.675. The van der Waals surface area contributed by atoms with Crippen molar-refractivity contribution in [3.63, 3.8) is 0 Å². The topological polar surface area (TPSA) is 169 Å². The van der Waals surface area contributed by atoms with Gasteiger partial charge < -0.3 is 22.1 Å². The van der Waals surface area contributed by atoms with E-state index in [0.717, 1.165) is 0 Å². The van der Waals surface area contributed by atoms with Crippen molar-refractivity contribution >= 4 is 58.5 Å². The zero-order valence-electron chi connectivity index (χ0n) is 11.6. The third-order valence-electron chi connectivity index (χ3n) is 1.38. The van der Waals surface area contributed by atoms with Gasteiger partial charge in [0.2, 0.25) is 10.6 Å². The first-order valence-electron chi connectivity index (χ1n) is 5.70. The number of urea groups is 2. The maximum Gasteiger partial charge on any atom is 0.350 e. The quantitative estimate of drug-likeness (QED) is 0.447. The third kappa shape index (κ3) is 20.5. The summed E-state index contributed by atoms with van der Waals surface area (Å²) in [5.74, 6) is 0.811. The maximum atomic E-state index is 10.3. The molecule has 1 heterocycles. The number of amides is 4. The lowest BCUT2D eigenvalue weighted by Gasteiger charge is -1.92. The number of nitrogens with two attached hydrogens (primary N) is 2. The summed E-state index contributed by atoms with van der Waals surface area (Å²) in [5.41, 5.74) is 8.74. The van der Waals surface area contributed by atoms with Gasteiger partial charge in [-0.3, -0.25) is 4.98 Å². The Morgan fingerprint density at radius 2 is 1.43 bits per heavy atom. The number of aromatic nitrogens is 3. The van der Waals surface area contributed by atoms with Crippen LogP contribution in [0.25, 0.3) is 0 Å². The van der Waals surface area contributed by atoms with Gasteiger partial charge in [0.1, 0.15) is 0 Å². The molecule has 0 bridgehead atoms. The third-order valence-corrected chi connectivity index (χ3v) is 2.11. The largest absolute Gasteiger partial charge is 0.352 e. The van der Waals surface area contributed by atoms with Crippen molar-refractivity contribution < 1.29 is 9.59 Å². The second kappa shape index (κ2) is 15.4. The second-order valence-electron chi connectivity index (χ2n) is 3.17. The molecule has 14 heteroatoms. The van der Waals surface area contributed by atoms with E-state index in [2.05, 4.69) is 37.1 Å². The molecule has 0 unspecified atom stereocenters. The fraction of sp³-hybridized carbons (Fsp3) is 0.444.